The Morgan fingerprint density at radius 2 is 1.89 bits per heavy atom. The van der Waals surface area contributed by atoms with E-state index >= 15 is 0 Å². The number of carbonyl (C=O) groups excluding carboxylic acids is 1. The zero-order chi connectivity index (χ0) is 13.5. The van der Waals surface area contributed by atoms with Gasteiger partial charge in [0.25, 0.3) is 5.91 Å². The van der Waals surface area contributed by atoms with Gasteiger partial charge in [0.1, 0.15) is 6.10 Å². The summed E-state index contributed by atoms with van der Waals surface area (Å²) in [5, 5.41) is 0. The number of carbonyl (C=O) groups is 1. The van der Waals surface area contributed by atoms with Crippen molar-refractivity contribution in [3.63, 3.8) is 0 Å². The molecule has 0 saturated heterocycles. The number of amides is 1. The van der Waals surface area contributed by atoms with Gasteiger partial charge in [-0.25, -0.2) is 0 Å². The Balaban J connectivity index is 2.74. The minimum atomic E-state index is -0.328. The second kappa shape index (κ2) is 7.17. The van der Waals surface area contributed by atoms with Gasteiger partial charge in [-0.05, 0) is 25.8 Å². The lowest BCUT2D eigenvalue weighted by Crippen LogP contribution is -2.39. The molecule has 0 bridgehead atoms. The molecule has 0 radical (unpaired) electrons. The van der Waals surface area contributed by atoms with Crippen molar-refractivity contribution in [2.75, 3.05) is 13.7 Å². The molecule has 0 unspecified atom stereocenters. The Hall–Kier alpha value is -1.35. The van der Waals surface area contributed by atoms with Crippen LogP contribution in [0.2, 0.25) is 0 Å². The topological polar surface area (TPSA) is 29.5 Å². The van der Waals surface area contributed by atoms with Gasteiger partial charge < -0.3 is 9.64 Å². The molecule has 0 N–H and O–H groups in total. The Labute approximate surface area is 110 Å². The molecule has 100 valence electrons. The first-order chi connectivity index (χ1) is 8.61. The van der Waals surface area contributed by atoms with Crippen LogP contribution in [0.25, 0.3) is 0 Å². The first kappa shape index (κ1) is 14.7. The second-order valence-corrected chi connectivity index (χ2v) is 4.39. The Bertz CT molecular complexity index is 364. The van der Waals surface area contributed by atoms with E-state index in [0.717, 1.165) is 5.56 Å². The molecule has 3 nitrogen and oxygen atoms in total. The number of likely N-dealkylation sites (N-methyl/N-ethyl adjacent to an activating group) is 1. The van der Waals surface area contributed by atoms with Gasteiger partial charge in [-0.3, -0.25) is 4.79 Å². The van der Waals surface area contributed by atoms with Gasteiger partial charge in [-0.15, -0.1) is 0 Å². The predicted molar refractivity (Wildman–Crippen MR) is 73.3 cm³/mol. The molecule has 0 saturated carbocycles. The summed E-state index contributed by atoms with van der Waals surface area (Å²) in [5.41, 5.74) is 1.14. The average Bonchev–Trinajstić information content (AvgIpc) is 2.43. The lowest BCUT2D eigenvalue weighted by atomic mass is 10.1. The molecule has 1 rings (SSSR count). The molecule has 0 aliphatic carbocycles. The molecule has 3 heteroatoms. The van der Waals surface area contributed by atoms with E-state index in [0.29, 0.717) is 13.0 Å². The quantitative estimate of drug-likeness (QED) is 0.775. The maximum atomic E-state index is 12.3. The third-order valence-electron chi connectivity index (χ3n) is 3.22. The van der Waals surface area contributed by atoms with Crippen molar-refractivity contribution in [2.45, 2.75) is 39.3 Å². The molecule has 0 aliphatic heterocycles. The molecule has 0 spiro atoms. The van der Waals surface area contributed by atoms with E-state index in [1.807, 2.05) is 58.2 Å². The molecule has 1 amide bonds. The van der Waals surface area contributed by atoms with Crippen LogP contribution in [0.15, 0.2) is 30.3 Å². The molecule has 18 heavy (non-hydrogen) atoms. The first-order valence-corrected chi connectivity index (χ1v) is 6.55. The number of benzene rings is 1. The van der Waals surface area contributed by atoms with Crippen LogP contribution in [0.5, 0.6) is 0 Å². The fraction of sp³-hybridized carbons (Fsp3) is 0.533. The van der Waals surface area contributed by atoms with E-state index < -0.39 is 0 Å². The second-order valence-electron chi connectivity index (χ2n) is 4.39. The Kier molecular flexibility index (Phi) is 5.86. The van der Waals surface area contributed by atoms with Gasteiger partial charge >= 0.3 is 0 Å². The number of hydrogen-bond acceptors (Lipinski definition) is 2. The minimum absolute atomic E-state index is 0.0516. The van der Waals surface area contributed by atoms with Crippen LogP contribution in [0.4, 0.5) is 0 Å². The van der Waals surface area contributed by atoms with Crippen molar-refractivity contribution >= 4 is 5.91 Å². The molecule has 0 aliphatic rings. The highest BCUT2D eigenvalue weighted by atomic mass is 16.5. The number of ether oxygens (including phenoxy) is 1. The molecule has 2 atom stereocenters. The van der Waals surface area contributed by atoms with E-state index in [-0.39, 0.29) is 18.1 Å². The van der Waals surface area contributed by atoms with Crippen LogP contribution in [0, 0.1) is 0 Å². The SMILES string of the molecule is CCO[C@H](CC)C(=O)N(C)[C@@H](C)c1ccccc1. The highest BCUT2D eigenvalue weighted by Gasteiger charge is 2.24. The zero-order valence-corrected chi connectivity index (χ0v) is 11.7. The van der Waals surface area contributed by atoms with Gasteiger partial charge in [-0.1, -0.05) is 37.3 Å². The van der Waals surface area contributed by atoms with Crippen LogP contribution in [0.3, 0.4) is 0 Å². The monoisotopic (exact) mass is 249 g/mol. The third kappa shape index (κ3) is 3.57. The molecule has 0 fully saturated rings. The zero-order valence-electron chi connectivity index (χ0n) is 11.7. The minimum Gasteiger partial charge on any atom is -0.369 e. The Morgan fingerprint density at radius 1 is 1.28 bits per heavy atom. The lowest BCUT2D eigenvalue weighted by molar-refractivity contribution is -0.144. The first-order valence-electron chi connectivity index (χ1n) is 6.55. The molecule has 1 aromatic rings. The highest BCUT2D eigenvalue weighted by molar-refractivity contribution is 5.81. The van der Waals surface area contributed by atoms with E-state index in [9.17, 15) is 4.79 Å². The molecule has 0 heterocycles. The van der Waals surface area contributed by atoms with Crippen molar-refractivity contribution in [1.29, 1.82) is 0 Å². The van der Waals surface area contributed by atoms with E-state index in [1.165, 1.54) is 0 Å². The normalized spacial score (nSPS) is 14.0. The summed E-state index contributed by atoms with van der Waals surface area (Å²) >= 11 is 0. The van der Waals surface area contributed by atoms with Crippen molar-refractivity contribution in [1.82, 2.24) is 4.90 Å². The molecular formula is C15H23NO2. The predicted octanol–water partition coefficient (Wildman–Crippen LogP) is 3.02. The van der Waals surface area contributed by atoms with Gasteiger partial charge in [0.15, 0.2) is 0 Å². The smallest absolute Gasteiger partial charge is 0.251 e. The van der Waals surface area contributed by atoms with Crippen LogP contribution in [-0.2, 0) is 9.53 Å². The van der Waals surface area contributed by atoms with Crippen molar-refractivity contribution in [3.05, 3.63) is 35.9 Å². The highest BCUT2D eigenvalue weighted by Crippen LogP contribution is 2.19. The summed E-state index contributed by atoms with van der Waals surface area (Å²) in [6, 6.07) is 10.1. The van der Waals surface area contributed by atoms with Crippen LogP contribution in [0.1, 0.15) is 38.8 Å². The number of nitrogens with zero attached hydrogens (tertiary/aromatic N) is 1. The standard InChI is InChI=1S/C15H23NO2/c1-5-14(18-6-2)15(17)16(4)12(3)13-10-8-7-9-11-13/h7-12,14H,5-6H2,1-4H3/t12-,14+/m0/s1. The summed E-state index contributed by atoms with van der Waals surface area (Å²) in [6.45, 7) is 6.49. The van der Waals surface area contributed by atoms with Crippen molar-refractivity contribution in [3.8, 4) is 0 Å². The van der Waals surface area contributed by atoms with Crippen LogP contribution in [-0.4, -0.2) is 30.6 Å². The summed E-state index contributed by atoms with van der Waals surface area (Å²) in [6.07, 6.45) is 0.379. The molecule has 0 aromatic heterocycles. The molecular weight excluding hydrogens is 226 g/mol. The summed E-state index contributed by atoms with van der Waals surface area (Å²) in [4.78, 5) is 14.0. The van der Waals surface area contributed by atoms with Crippen molar-refractivity contribution < 1.29 is 9.53 Å². The fourth-order valence-corrected chi connectivity index (χ4v) is 1.94. The summed E-state index contributed by atoms with van der Waals surface area (Å²) < 4.78 is 5.47. The maximum absolute atomic E-state index is 12.3. The van der Waals surface area contributed by atoms with E-state index in [4.69, 9.17) is 4.74 Å². The third-order valence-corrected chi connectivity index (χ3v) is 3.22. The van der Waals surface area contributed by atoms with Gasteiger partial charge in [0, 0.05) is 13.7 Å². The fourth-order valence-electron chi connectivity index (χ4n) is 1.94. The largest absolute Gasteiger partial charge is 0.369 e. The maximum Gasteiger partial charge on any atom is 0.251 e. The summed E-state index contributed by atoms with van der Waals surface area (Å²) in [7, 11) is 1.84. The Morgan fingerprint density at radius 3 is 2.39 bits per heavy atom. The van der Waals surface area contributed by atoms with Gasteiger partial charge in [-0.2, -0.15) is 0 Å². The lowest BCUT2D eigenvalue weighted by Gasteiger charge is -2.28. The van der Waals surface area contributed by atoms with Gasteiger partial charge in [0.2, 0.25) is 0 Å². The number of hydrogen-bond donors (Lipinski definition) is 0. The van der Waals surface area contributed by atoms with Crippen LogP contribution >= 0.6 is 0 Å². The molecule has 1 aromatic carbocycles. The van der Waals surface area contributed by atoms with Gasteiger partial charge in [0.05, 0.1) is 6.04 Å². The average molecular weight is 249 g/mol. The number of rotatable bonds is 6. The van der Waals surface area contributed by atoms with Crippen LogP contribution < -0.4 is 0 Å². The van der Waals surface area contributed by atoms with E-state index in [2.05, 4.69) is 0 Å². The van der Waals surface area contributed by atoms with Crippen molar-refractivity contribution in [2.24, 2.45) is 0 Å². The summed E-state index contributed by atoms with van der Waals surface area (Å²) in [5.74, 6) is 0.0516. The van der Waals surface area contributed by atoms with E-state index in [1.54, 1.807) is 4.90 Å².